The molecular formula is C81H56BN3O. The molecule has 0 fully saturated rings. The first-order valence-corrected chi connectivity index (χ1v) is 29.8. The highest BCUT2D eigenvalue weighted by molar-refractivity contribution is 7.00. The molecule has 0 amide bonds. The third kappa shape index (κ3) is 7.92. The molecule has 404 valence electrons. The van der Waals surface area contributed by atoms with Crippen LogP contribution in [0, 0.1) is 0 Å². The van der Waals surface area contributed by atoms with Gasteiger partial charge in [0.15, 0.2) is 0 Å². The van der Waals surface area contributed by atoms with E-state index < -0.39 is 0 Å². The third-order valence-electron chi connectivity index (χ3n) is 18.5. The summed E-state index contributed by atoms with van der Waals surface area (Å²) in [6.45, 7) is 4.55. The Labute approximate surface area is 500 Å². The van der Waals surface area contributed by atoms with Crippen LogP contribution in [0.5, 0.6) is 0 Å². The summed E-state index contributed by atoms with van der Waals surface area (Å²) in [6, 6.07) is 112. The summed E-state index contributed by atoms with van der Waals surface area (Å²) < 4.78 is 9.41. The largest absolute Gasteiger partial charge is 0.456 e. The molecule has 4 nitrogen and oxygen atoms in total. The molecule has 86 heavy (non-hydrogen) atoms. The van der Waals surface area contributed by atoms with Crippen molar-refractivity contribution in [2.75, 3.05) is 9.80 Å². The summed E-state index contributed by atoms with van der Waals surface area (Å²) in [5.41, 5.74) is 27.1. The highest BCUT2D eigenvalue weighted by atomic mass is 16.3. The van der Waals surface area contributed by atoms with E-state index >= 15 is 0 Å². The minimum Gasteiger partial charge on any atom is -0.456 e. The van der Waals surface area contributed by atoms with Crippen molar-refractivity contribution < 1.29 is 4.42 Å². The lowest BCUT2D eigenvalue weighted by molar-refractivity contribution is 0.641. The van der Waals surface area contributed by atoms with Gasteiger partial charge in [-0.15, -0.1) is 0 Å². The highest BCUT2D eigenvalue weighted by Gasteiger charge is 2.45. The summed E-state index contributed by atoms with van der Waals surface area (Å²) in [6.07, 6.45) is 0. The van der Waals surface area contributed by atoms with Crippen LogP contribution in [-0.2, 0) is 5.41 Å². The normalized spacial score (nSPS) is 12.7. The lowest BCUT2D eigenvalue weighted by Gasteiger charge is -2.45. The van der Waals surface area contributed by atoms with E-state index in [4.69, 9.17) is 4.42 Å². The molecule has 0 unspecified atom stereocenters. The second kappa shape index (κ2) is 19.6. The standard InChI is InChI=1S/C81H56BN3O/c1-81(2,61-28-16-7-17-29-61)62-38-43-70-74(48-62)83(63-39-32-57(33-40-63)53-20-8-3-9-21-53)76-49-65(85-72-44-36-59(55-24-12-5-13-25-55)46-67(72)68-47-60(37-45-73(68)85)56-26-14-6-15-27-56)50-77-80(76)82(70)71-52-79-69(66-30-18-19-31-78(66)86-79)51-75(71)84(77)64-41-34-58(35-42-64)54-22-10-4-11-23-54/h3-52H,1-2H3. The number of hydrogen-bond acceptors (Lipinski definition) is 3. The number of furan rings is 1. The lowest BCUT2D eigenvalue weighted by Crippen LogP contribution is -2.61. The monoisotopic (exact) mass is 1100 g/mol. The number of fused-ring (bicyclic) bond motifs is 10. The van der Waals surface area contributed by atoms with Gasteiger partial charge < -0.3 is 18.8 Å². The van der Waals surface area contributed by atoms with E-state index in [0.717, 1.165) is 72.8 Å². The molecular weight excluding hydrogens is 1040 g/mol. The minimum absolute atomic E-state index is 0.176. The van der Waals surface area contributed by atoms with E-state index in [9.17, 15) is 0 Å². The third-order valence-corrected chi connectivity index (χ3v) is 18.5. The van der Waals surface area contributed by atoms with Gasteiger partial charge >= 0.3 is 0 Å². The molecule has 0 bridgehead atoms. The number of benzene rings is 13. The number of para-hydroxylation sites is 1. The summed E-state index contributed by atoms with van der Waals surface area (Å²) in [5.74, 6) is 0. The minimum atomic E-state index is -0.319. The van der Waals surface area contributed by atoms with Crippen molar-refractivity contribution >= 4 is 101 Å². The maximum absolute atomic E-state index is 6.88. The van der Waals surface area contributed by atoms with Crippen molar-refractivity contribution in [3.8, 4) is 50.2 Å². The number of hydrogen-bond donors (Lipinski definition) is 0. The van der Waals surface area contributed by atoms with E-state index in [1.165, 1.54) is 82.8 Å². The molecule has 0 atom stereocenters. The second-order valence-corrected chi connectivity index (χ2v) is 23.6. The van der Waals surface area contributed by atoms with Gasteiger partial charge in [0.2, 0.25) is 0 Å². The molecule has 0 spiro atoms. The van der Waals surface area contributed by atoms with Crippen molar-refractivity contribution in [1.29, 1.82) is 0 Å². The van der Waals surface area contributed by atoms with E-state index in [0.29, 0.717) is 0 Å². The Balaban J connectivity index is 0.992. The maximum atomic E-state index is 6.88. The fourth-order valence-corrected chi connectivity index (χ4v) is 14.1. The average molecular weight is 1100 g/mol. The van der Waals surface area contributed by atoms with Crippen molar-refractivity contribution in [3.05, 3.63) is 314 Å². The molecule has 2 aliphatic heterocycles. The Kier molecular flexibility index (Phi) is 11.3. The van der Waals surface area contributed by atoms with Crippen molar-refractivity contribution in [2.45, 2.75) is 19.3 Å². The molecule has 0 N–H and O–H groups in total. The summed E-state index contributed by atoms with van der Waals surface area (Å²) in [4.78, 5) is 5.12. The van der Waals surface area contributed by atoms with E-state index in [1.807, 2.05) is 0 Å². The van der Waals surface area contributed by atoms with Crippen molar-refractivity contribution in [2.24, 2.45) is 0 Å². The van der Waals surface area contributed by atoms with Gasteiger partial charge in [0.1, 0.15) is 11.2 Å². The SMILES string of the molecule is CC(C)(c1ccccc1)c1ccc2c(c1)N(c1ccc(-c3ccccc3)cc1)c1cc(-n3c4ccc(-c5ccccc5)cc4c4cc(-c5ccccc5)ccc43)cc3c1B2c1cc2oc4ccccc4c2cc1N3c1ccc(-c2ccccc2)cc1. The topological polar surface area (TPSA) is 24.6 Å². The molecule has 15 aromatic rings. The van der Waals surface area contributed by atoms with Crippen LogP contribution in [0.2, 0.25) is 0 Å². The lowest BCUT2D eigenvalue weighted by atomic mass is 9.33. The molecule has 5 heteroatoms. The molecule has 0 saturated heterocycles. The van der Waals surface area contributed by atoms with Crippen LogP contribution in [0.25, 0.3) is 93.9 Å². The van der Waals surface area contributed by atoms with Gasteiger partial charge in [0.05, 0.1) is 16.7 Å². The van der Waals surface area contributed by atoms with Gasteiger partial charge in [0, 0.05) is 61.1 Å². The molecule has 2 aliphatic rings. The Bertz CT molecular complexity index is 5020. The molecule has 2 aromatic heterocycles. The van der Waals surface area contributed by atoms with Gasteiger partial charge in [0.25, 0.3) is 6.71 Å². The second-order valence-electron chi connectivity index (χ2n) is 23.6. The Hall–Kier alpha value is -10.9. The summed E-state index contributed by atoms with van der Waals surface area (Å²) in [5, 5.41) is 4.58. The van der Waals surface area contributed by atoms with Crippen LogP contribution in [-0.4, -0.2) is 11.3 Å². The Morgan fingerprint density at radius 3 is 1.26 bits per heavy atom. The van der Waals surface area contributed by atoms with Crippen LogP contribution in [0.3, 0.4) is 0 Å². The quantitative estimate of drug-likeness (QED) is 0.135. The average Bonchev–Trinajstić information content (AvgIpc) is 0.991. The molecule has 0 aliphatic carbocycles. The van der Waals surface area contributed by atoms with Crippen LogP contribution in [0.4, 0.5) is 34.1 Å². The molecule has 13 aromatic carbocycles. The summed E-state index contributed by atoms with van der Waals surface area (Å²) >= 11 is 0. The van der Waals surface area contributed by atoms with Gasteiger partial charge in [-0.25, -0.2) is 0 Å². The zero-order chi connectivity index (χ0) is 57.0. The molecule has 0 saturated carbocycles. The van der Waals surface area contributed by atoms with E-state index in [1.54, 1.807) is 0 Å². The predicted molar refractivity (Wildman–Crippen MR) is 362 cm³/mol. The van der Waals surface area contributed by atoms with Crippen molar-refractivity contribution in [3.63, 3.8) is 0 Å². The first-order valence-electron chi connectivity index (χ1n) is 29.8. The predicted octanol–water partition coefficient (Wildman–Crippen LogP) is 19.8. The summed E-state index contributed by atoms with van der Waals surface area (Å²) in [7, 11) is 0. The number of nitrogens with zero attached hydrogens (tertiary/aromatic N) is 3. The molecule has 17 rings (SSSR count). The zero-order valence-corrected chi connectivity index (χ0v) is 47.7. The number of aromatic nitrogens is 1. The fraction of sp³-hybridized carbons (Fsp3) is 0.0370. The van der Waals surface area contributed by atoms with Gasteiger partial charge in [-0.1, -0.05) is 232 Å². The van der Waals surface area contributed by atoms with Gasteiger partial charge in [-0.3, -0.25) is 0 Å². The smallest absolute Gasteiger partial charge is 0.252 e. The Morgan fingerprint density at radius 1 is 0.291 bits per heavy atom. The first-order chi connectivity index (χ1) is 42.4. The maximum Gasteiger partial charge on any atom is 0.252 e. The fourth-order valence-electron chi connectivity index (χ4n) is 14.1. The van der Waals surface area contributed by atoms with Gasteiger partial charge in [-0.05, 0) is 157 Å². The Morgan fingerprint density at radius 2 is 0.733 bits per heavy atom. The first kappa shape index (κ1) is 49.7. The molecule has 0 radical (unpaired) electrons. The van der Waals surface area contributed by atoms with E-state index in [-0.39, 0.29) is 12.1 Å². The van der Waals surface area contributed by atoms with Crippen LogP contribution in [0.15, 0.2) is 308 Å². The zero-order valence-electron chi connectivity index (χ0n) is 47.7. The van der Waals surface area contributed by atoms with E-state index in [2.05, 4.69) is 332 Å². The molecule has 4 heterocycles. The van der Waals surface area contributed by atoms with Crippen LogP contribution in [0.1, 0.15) is 25.0 Å². The van der Waals surface area contributed by atoms with Crippen molar-refractivity contribution in [1.82, 2.24) is 4.57 Å². The number of rotatable bonds is 9. The van der Waals surface area contributed by atoms with Crippen LogP contribution >= 0.6 is 0 Å². The number of anilines is 6. The van der Waals surface area contributed by atoms with Crippen LogP contribution < -0.4 is 26.2 Å². The van der Waals surface area contributed by atoms with Gasteiger partial charge in [-0.2, -0.15) is 0 Å². The highest BCUT2D eigenvalue weighted by Crippen LogP contribution is 2.49.